The Hall–Kier alpha value is -3.00. The lowest BCUT2D eigenvalue weighted by Gasteiger charge is -2.30. The molecule has 34 heavy (non-hydrogen) atoms. The van der Waals surface area contributed by atoms with Gasteiger partial charge in [0, 0.05) is 34.8 Å². The average Bonchev–Trinajstić information content (AvgIpc) is 2.78. The number of para-hydroxylation sites is 1. The highest BCUT2D eigenvalue weighted by Gasteiger charge is 2.32. The molecular weight excluding hydrogens is 441 g/mol. The molecule has 5 nitrogen and oxygen atoms in total. The fourth-order valence-electron chi connectivity index (χ4n) is 4.75. The van der Waals surface area contributed by atoms with Gasteiger partial charge in [0.2, 0.25) is 0 Å². The monoisotopic (exact) mass is 472 g/mol. The summed E-state index contributed by atoms with van der Waals surface area (Å²) in [6.45, 7) is 5.15. The van der Waals surface area contributed by atoms with Crippen molar-refractivity contribution in [3.8, 4) is 5.75 Å². The van der Waals surface area contributed by atoms with E-state index in [2.05, 4.69) is 15.4 Å². The van der Waals surface area contributed by atoms with Crippen molar-refractivity contribution in [2.75, 3.05) is 17.6 Å². The van der Waals surface area contributed by atoms with Crippen LogP contribution in [0.4, 0.5) is 24.7 Å². The van der Waals surface area contributed by atoms with Gasteiger partial charge in [0.25, 0.3) is 0 Å². The molecule has 1 aliphatic rings. The van der Waals surface area contributed by atoms with E-state index in [1.807, 2.05) is 32.0 Å². The van der Waals surface area contributed by atoms with Crippen LogP contribution in [-0.4, -0.2) is 23.9 Å². The Morgan fingerprint density at radius 3 is 2.50 bits per heavy atom. The maximum atomic E-state index is 12.6. The lowest BCUT2D eigenvalue weighted by atomic mass is 9.86. The van der Waals surface area contributed by atoms with Crippen LogP contribution in [0.3, 0.4) is 0 Å². The first kappa shape index (κ1) is 24.1. The molecule has 8 heteroatoms. The second kappa shape index (κ2) is 10.1. The van der Waals surface area contributed by atoms with Crippen LogP contribution >= 0.6 is 0 Å². The van der Waals surface area contributed by atoms with E-state index in [1.54, 1.807) is 18.2 Å². The van der Waals surface area contributed by atoms with Crippen LogP contribution in [-0.2, 0) is 6.54 Å². The molecule has 0 spiro atoms. The third-order valence-electron chi connectivity index (χ3n) is 6.65. The molecule has 1 heterocycles. The SMILES string of the molecule is Cc1c(N[C@H]2CC[C@@H](CNCc3ccccc3OC(F)(F)F)CC2)nc2cccc(C)c2c1N. The van der Waals surface area contributed by atoms with Crippen molar-refractivity contribution >= 4 is 22.4 Å². The number of nitrogens with one attached hydrogen (secondary N) is 2. The molecule has 1 aromatic heterocycles. The Morgan fingerprint density at radius 2 is 1.76 bits per heavy atom. The topological polar surface area (TPSA) is 72.2 Å². The Labute approximate surface area is 197 Å². The number of pyridine rings is 1. The van der Waals surface area contributed by atoms with Gasteiger partial charge < -0.3 is 21.1 Å². The number of alkyl halides is 3. The molecule has 1 saturated carbocycles. The number of nitrogens with two attached hydrogens (primary N) is 1. The zero-order valence-corrected chi connectivity index (χ0v) is 19.5. The van der Waals surface area contributed by atoms with Gasteiger partial charge in [-0.15, -0.1) is 13.2 Å². The van der Waals surface area contributed by atoms with Gasteiger partial charge >= 0.3 is 6.36 Å². The number of nitrogen functional groups attached to an aromatic ring is 1. The van der Waals surface area contributed by atoms with Crippen LogP contribution in [0, 0.1) is 19.8 Å². The predicted octanol–water partition coefficient (Wildman–Crippen LogP) is 6.09. The van der Waals surface area contributed by atoms with E-state index in [1.165, 1.54) is 6.07 Å². The summed E-state index contributed by atoms with van der Waals surface area (Å²) in [7, 11) is 0. The highest BCUT2D eigenvalue weighted by Crippen LogP contribution is 2.33. The van der Waals surface area contributed by atoms with E-state index in [0.717, 1.165) is 65.8 Å². The van der Waals surface area contributed by atoms with Crippen LogP contribution in [0.25, 0.3) is 10.9 Å². The number of anilines is 2. The molecule has 0 unspecified atom stereocenters. The number of aryl methyl sites for hydroxylation is 1. The normalized spacial score (nSPS) is 18.7. The van der Waals surface area contributed by atoms with E-state index in [-0.39, 0.29) is 5.75 Å². The molecule has 4 rings (SSSR count). The summed E-state index contributed by atoms with van der Waals surface area (Å²) in [6.07, 6.45) is -0.609. The summed E-state index contributed by atoms with van der Waals surface area (Å²) >= 11 is 0. The molecule has 2 aromatic carbocycles. The number of rotatable bonds is 7. The quantitative estimate of drug-likeness (QED) is 0.388. The Kier molecular flexibility index (Phi) is 7.16. The van der Waals surface area contributed by atoms with Gasteiger partial charge in [-0.25, -0.2) is 4.98 Å². The summed E-state index contributed by atoms with van der Waals surface area (Å²) in [4.78, 5) is 4.83. The van der Waals surface area contributed by atoms with Gasteiger partial charge in [0.1, 0.15) is 11.6 Å². The summed E-state index contributed by atoms with van der Waals surface area (Å²) < 4.78 is 42.0. The van der Waals surface area contributed by atoms with Crippen molar-refractivity contribution in [3.63, 3.8) is 0 Å². The molecule has 0 amide bonds. The van der Waals surface area contributed by atoms with Gasteiger partial charge in [0.15, 0.2) is 0 Å². The van der Waals surface area contributed by atoms with Gasteiger partial charge in [-0.05, 0) is 69.7 Å². The third kappa shape index (κ3) is 5.73. The molecule has 4 N–H and O–H groups in total. The van der Waals surface area contributed by atoms with Crippen LogP contribution in [0.5, 0.6) is 5.75 Å². The van der Waals surface area contributed by atoms with Crippen molar-refractivity contribution in [1.82, 2.24) is 10.3 Å². The van der Waals surface area contributed by atoms with E-state index in [0.29, 0.717) is 24.1 Å². The summed E-state index contributed by atoms with van der Waals surface area (Å²) in [5, 5.41) is 7.92. The largest absolute Gasteiger partial charge is 0.573 e. The minimum atomic E-state index is -4.69. The first-order valence-electron chi connectivity index (χ1n) is 11.7. The van der Waals surface area contributed by atoms with E-state index in [9.17, 15) is 13.2 Å². The Morgan fingerprint density at radius 1 is 1.03 bits per heavy atom. The molecule has 1 fully saturated rings. The Bertz CT molecular complexity index is 1140. The van der Waals surface area contributed by atoms with E-state index in [4.69, 9.17) is 10.7 Å². The summed E-state index contributed by atoms with van der Waals surface area (Å²) in [6, 6.07) is 12.6. The Balaban J connectivity index is 1.29. The molecule has 1 aliphatic carbocycles. The molecular formula is C26H31F3N4O. The zero-order valence-electron chi connectivity index (χ0n) is 19.5. The number of ether oxygens (including phenoxy) is 1. The number of benzene rings is 2. The summed E-state index contributed by atoms with van der Waals surface area (Å²) in [5.74, 6) is 1.17. The molecule has 0 bridgehead atoms. The lowest BCUT2D eigenvalue weighted by molar-refractivity contribution is -0.274. The van der Waals surface area contributed by atoms with E-state index >= 15 is 0 Å². The minimum Gasteiger partial charge on any atom is -0.405 e. The highest BCUT2D eigenvalue weighted by molar-refractivity contribution is 5.96. The highest BCUT2D eigenvalue weighted by atomic mass is 19.4. The minimum absolute atomic E-state index is 0.150. The molecule has 0 atom stereocenters. The average molecular weight is 473 g/mol. The number of hydrogen-bond acceptors (Lipinski definition) is 5. The van der Waals surface area contributed by atoms with Crippen LogP contribution in [0.1, 0.15) is 42.4 Å². The number of fused-ring (bicyclic) bond motifs is 1. The second-order valence-electron chi connectivity index (χ2n) is 9.12. The fourth-order valence-corrected chi connectivity index (χ4v) is 4.75. The number of hydrogen-bond donors (Lipinski definition) is 3. The predicted molar refractivity (Wildman–Crippen MR) is 130 cm³/mol. The van der Waals surface area contributed by atoms with Crippen LogP contribution in [0.15, 0.2) is 42.5 Å². The van der Waals surface area contributed by atoms with Gasteiger partial charge in [-0.2, -0.15) is 0 Å². The van der Waals surface area contributed by atoms with Crippen molar-refractivity contribution < 1.29 is 17.9 Å². The van der Waals surface area contributed by atoms with Gasteiger partial charge in [-0.1, -0.05) is 30.3 Å². The standard InChI is InChI=1S/C26H31F3N4O/c1-16-6-5-8-21-23(16)24(30)17(2)25(33-21)32-20-12-10-18(11-13-20)14-31-15-19-7-3-4-9-22(19)34-26(27,28)29/h3-9,18,20,31H,10-15H2,1-2H3,(H3,30,32,33)/t18-,20+. The molecule has 0 saturated heterocycles. The number of nitrogens with zero attached hydrogens (tertiary/aromatic N) is 1. The van der Waals surface area contributed by atoms with Crippen molar-refractivity contribution in [3.05, 3.63) is 59.2 Å². The van der Waals surface area contributed by atoms with Crippen molar-refractivity contribution in [2.45, 2.75) is 58.5 Å². The third-order valence-corrected chi connectivity index (χ3v) is 6.65. The number of halogens is 3. The summed E-state index contributed by atoms with van der Waals surface area (Å²) in [5.41, 5.74) is 10.7. The molecule has 3 aromatic rings. The zero-order chi connectivity index (χ0) is 24.3. The smallest absolute Gasteiger partial charge is 0.405 e. The first-order chi connectivity index (χ1) is 16.2. The fraction of sp³-hybridized carbons (Fsp3) is 0.423. The second-order valence-corrected chi connectivity index (χ2v) is 9.12. The van der Waals surface area contributed by atoms with Crippen molar-refractivity contribution in [2.24, 2.45) is 5.92 Å². The van der Waals surface area contributed by atoms with Gasteiger partial charge in [0.05, 0.1) is 5.52 Å². The van der Waals surface area contributed by atoms with Gasteiger partial charge in [-0.3, -0.25) is 0 Å². The molecule has 0 radical (unpaired) electrons. The maximum absolute atomic E-state index is 12.6. The van der Waals surface area contributed by atoms with Crippen LogP contribution in [0.2, 0.25) is 0 Å². The van der Waals surface area contributed by atoms with Crippen LogP contribution < -0.4 is 21.1 Å². The van der Waals surface area contributed by atoms with E-state index < -0.39 is 6.36 Å². The number of aromatic nitrogens is 1. The first-order valence-corrected chi connectivity index (χ1v) is 11.7. The molecule has 0 aliphatic heterocycles. The lowest BCUT2D eigenvalue weighted by Crippen LogP contribution is -2.31. The van der Waals surface area contributed by atoms with Crippen molar-refractivity contribution in [1.29, 1.82) is 0 Å². The maximum Gasteiger partial charge on any atom is 0.573 e. The molecule has 182 valence electrons.